The van der Waals surface area contributed by atoms with Crippen molar-refractivity contribution in [3.05, 3.63) is 34.9 Å². The third-order valence-electron chi connectivity index (χ3n) is 5.12. The second-order valence-corrected chi connectivity index (χ2v) is 7.25. The predicted molar refractivity (Wildman–Crippen MR) is 83.3 cm³/mol. The van der Waals surface area contributed by atoms with Gasteiger partial charge in [-0.3, -0.25) is 4.79 Å². The minimum absolute atomic E-state index is 0.0472. The highest BCUT2D eigenvalue weighted by molar-refractivity contribution is 6.30. The Morgan fingerprint density at radius 3 is 2.71 bits per heavy atom. The Labute approximate surface area is 131 Å². The van der Waals surface area contributed by atoms with Gasteiger partial charge in [-0.1, -0.05) is 37.6 Å². The van der Waals surface area contributed by atoms with Gasteiger partial charge >= 0.3 is 0 Å². The van der Waals surface area contributed by atoms with E-state index in [0.29, 0.717) is 23.5 Å². The van der Waals surface area contributed by atoms with E-state index < -0.39 is 0 Å². The first-order chi connectivity index (χ1) is 9.91. The Morgan fingerprint density at radius 2 is 2.05 bits per heavy atom. The minimum Gasteiger partial charge on any atom is -0.377 e. The smallest absolute Gasteiger partial charge is 0.227 e. The molecule has 0 radical (unpaired) electrons. The Kier molecular flexibility index (Phi) is 3.74. The molecule has 1 aromatic carbocycles. The summed E-state index contributed by atoms with van der Waals surface area (Å²) in [6.07, 6.45) is 1.81. The summed E-state index contributed by atoms with van der Waals surface area (Å²) < 4.78 is 5.81. The molecule has 0 spiro atoms. The molecule has 1 amide bonds. The first-order valence-electron chi connectivity index (χ1n) is 7.53. The largest absolute Gasteiger partial charge is 0.377 e. The molecule has 4 heteroatoms. The van der Waals surface area contributed by atoms with Crippen molar-refractivity contribution >= 4 is 17.5 Å². The number of nitrogens with zero attached hydrogens (tertiary/aromatic N) is 1. The zero-order valence-corrected chi connectivity index (χ0v) is 13.6. The lowest BCUT2D eigenvalue weighted by Crippen LogP contribution is -2.67. The molecule has 0 unspecified atom stereocenters. The van der Waals surface area contributed by atoms with Gasteiger partial charge in [0.05, 0.1) is 12.5 Å². The lowest BCUT2D eigenvalue weighted by Gasteiger charge is -2.57. The van der Waals surface area contributed by atoms with Crippen LogP contribution >= 0.6 is 11.6 Å². The van der Waals surface area contributed by atoms with Gasteiger partial charge in [-0.25, -0.2) is 0 Å². The molecule has 2 aliphatic rings. The highest BCUT2D eigenvalue weighted by atomic mass is 35.5. The van der Waals surface area contributed by atoms with Gasteiger partial charge in [-0.15, -0.1) is 0 Å². The van der Waals surface area contributed by atoms with E-state index in [4.69, 9.17) is 16.3 Å². The number of hydrogen-bond acceptors (Lipinski definition) is 2. The maximum atomic E-state index is 12.6. The van der Waals surface area contributed by atoms with Gasteiger partial charge in [0, 0.05) is 36.1 Å². The zero-order chi connectivity index (χ0) is 15.2. The number of benzene rings is 1. The van der Waals surface area contributed by atoms with E-state index in [9.17, 15) is 4.79 Å². The van der Waals surface area contributed by atoms with Crippen LogP contribution in [-0.2, 0) is 16.0 Å². The fourth-order valence-corrected chi connectivity index (χ4v) is 4.27. The van der Waals surface area contributed by atoms with E-state index in [1.807, 2.05) is 36.2 Å². The van der Waals surface area contributed by atoms with Crippen molar-refractivity contribution in [3.63, 3.8) is 0 Å². The quantitative estimate of drug-likeness (QED) is 0.858. The third-order valence-corrected chi connectivity index (χ3v) is 5.37. The van der Waals surface area contributed by atoms with Gasteiger partial charge in [0.15, 0.2) is 0 Å². The molecule has 21 heavy (non-hydrogen) atoms. The number of carbonyl (C=O) groups excluding carboxylic acids is 1. The molecule has 114 valence electrons. The number of carbonyl (C=O) groups is 1. The van der Waals surface area contributed by atoms with Crippen LogP contribution in [-0.4, -0.2) is 36.6 Å². The fraction of sp³-hybridized carbons (Fsp3) is 0.588. The summed E-state index contributed by atoms with van der Waals surface area (Å²) in [6.45, 7) is 5.24. The summed E-state index contributed by atoms with van der Waals surface area (Å²) >= 11 is 5.88. The van der Waals surface area contributed by atoms with Crippen LogP contribution in [0.1, 0.15) is 25.8 Å². The minimum atomic E-state index is 0.0472. The number of ether oxygens (including phenoxy) is 1. The molecule has 3 rings (SSSR count). The average molecular weight is 308 g/mol. The van der Waals surface area contributed by atoms with Gasteiger partial charge in [-0.2, -0.15) is 0 Å². The molecule has 3 atom stereocenters. The van der Waals surface area contributed by atoms with Crippen LogP contribution in [0, 0.1) is 11.3 Å². The Balaban J connectivity index is 1.69. The summed E-state index contributed by atoms with van der Waals surface area (Å²) in [7, 11) is 1.93. The fourth-order valence-electron chi connectivity index (χ4n) is 4.14. The number of rotatable bonds is 3. The first kappa shape index (κ1) is 14.9. The predicted octanol–water partition coefficient (Wildman–Crippen LogP) is 3.15. The second kappa shape index (κ2) is 5.29. The molecule has 3 nitrogen and oxygen atoms in total. The van der Waals surface area contributed by atoms with Crippen LogP contribution in [0.4, 0.5) is 0 Å². The van der Waals surface area contributed by atoms with Gasteiger partial charge in [-0.05, 0) is 24.1 Å². The van der Waals surface area contributed by atoms with Crippen molar-refractivity contribution < 1.29 is 9.53 Å². The maximum Gasteiger partial charge on any atom is 0.227 e. The molecule has 1 aliphatic heterocycles. The maximum absolute atomic E-state index is 12.6. The van der Waals surface area contributed by atoms with Crippen LogP contribution < -0.4 is 0 Å². The van der Waals surface area contributed by atoms with E-state index >= 15 is 0 Å². The van der Waals surface area contributed by atoms with Gasteiger partial charge in [0.25, 0.3) is 0 Å². The SMILES string of the molecule is CN(C(=O)Cc1ccc(Cl)cc1)[C@H]1[C@H]2CCO[C@@H]2C1(C)C. The molecule has 1 aliphatic carbocycles. The number of hydrogen-bond donors (Lipinski definition) is 0. The summed E-state index contributed by atoms with van der Waals surface area (Å²) in [5.74, 6) is 0.667. The van der Waals surface area contributed by atoms with Crippen molar-refractivity contribution in [2.24, 2.45) is 11.3 Å². The molecule has 1 saturated heterocycles. The van der Waals surface area contributed by atoms with E-state index in [1.165, 1.54) is 0 Å². The zero-order valence-electron chi connectivity index (χ0n) is 12.8. The van der Waals surface area contributed by atoms with E-state index in [-0.39, 0.29) is 17.4 Å². The molecule has 0 aromatic heterocycles. The van der Waals surface area contributed by atoms with Crippen molar-refractivity contribution in [2.45, 2.75) is 38.8 Å². The third kappa shape index (κ3) is 2.47. The van der Waals surface area contributed by atoms with Crippen LogP contribution in [0.2, 0.25) is 5.02 Å². The van der Waals surface area contributed by atoms with E-state index in [2.05, 4.69) is 13.8 Å². The molecule has 0 bridgehead atoms. The lowest BCUT2D eigenvalue weighted by molar-refractivity contribution is -0.166. The molecular weight excluding hydrogens is 286 g/mol. The summed E-state index contributed by atoms with van der Waals surface area (Å²) in [6, 6.07) is 7.78. The molecular formula is C17H22ClNO2. The van der Waals surface area contributed by atoms with Crippen molar-refractivity contribution in [1.29, 1.82) is 0 Å². The van der Waals surface area contributed by atoms with E-state index in [1.54, 1.807) is 0 Å². The van der Waals surface area contributed by atoms with Crippen LogP contribution in [0.5, 0.6) is 0 Å². The Hall–Kier alpha value is -1.06. The van der Waals surface area contributed by atoms with Crippen LogP contribution in [0.25, 0.3) is 0 Å². The molecule has 2 fully saturated rings. The monoisotopic (exact) mass is 307 g/mol. The number of likely N-dealkylation sites (N-methyl/N-ethyl adjacent to an activating group) is 1. The Bertz CT molecular complexity index is 540. The second-order valence-electron chi connectivity index (χ2n) is 6.82. The normalized spacial score (nSPS) is 29.6. The lowest BCUT2D eigenvalue weighted by atomic mass is 9.57. The van der Waals surface area contributed by atoms with Crippen molar-refractivity contribution in [2.75, 3.05) is 13.7 Å². The molecule has 1 saturated carbocycles. The standard InChI is InChI=1S/C17H22ClNO2/c1-17(2)15(13-8-9-21-16(13)17)19(3)14(20)10-11-4-6-12(18)7-5-11/h4-7,13,15-16H,8-10H2,1-3H3/t13-,15+,16+/m1/s1. The first-order valence-corrected chi connectivity index (χ1v) is 7.91. The number of fused-ring (bicyclic) bond motifs is 1. The van der Waals surface area contributed by atoms with Crippen LogP contribution in [0.15, 0.2) is 24.3 Å². The summed E-state index contributed by atoms with van der Waals surface area (Å²) in [5.41, 5.74) is 1.05. The molecule has 0 N–H and O–H groups in total. The van der Waals surface area contributed by atoms with Crippen molar-refractivity contribution in [3.8, 4) is 0 Å². The number of halogens is 1. The Morgan fingerprint density at radius 1 is 1.38 bits per heavy atom. The highest BCUT2D eigenvalue weighted by Gasteiger charge is 2.61. The van der Waals surface area contributed by atoms with Crippen molar-refractivity contribution in [1.82, 2.24) is 4.90 Å². The average Bonchev–Trinajstić information content (AvgIpc) is 2.87. The van der Waals surface area contributed by atoms with Gasteiger partial charge in [0.2, 0.25) is 5.91 Å². The summed E-state index contributed by atoms with van der Waals surface area (Å²) in [5, 5.41) is 0.700. The highest BCUT2D eigenvalue weighted by Crippen LogP contribution is 2.54. The topological polar surface area (TPSA) is 29.5 Å². The summed E-state index contributed by atoms with van der Waals surface area (Å²) in [4.78, 5) is 14.5. The molecule has 1 heterocycles. The van der Waals surface area contributed by atoms with Crippen LogP contribution in [0.3, 0.4) is 0 Å². The number of amides is 1. The van der Waals surface area contributed by atoms with E-state index in [0.717, 1.165) is 18.6 Å². The van der Waals surface area contributed by atoms with Gasteiger partial charge < -0.3 is 9.64 Å². The molecule has 1 aromatic rings. The van der Waals surface area contributed by atoms with Gasteiger partial charge in [0.1, 0.15) is 0 Å².